The first-order valence-corrected chi connectivity index (χ1v) is 7.59. The monoisotopic (exact) mass is 345 g/mol. The smallest absolute Gasteiger partial charge is 0.222 e. The molecule has 0 radical (unpaired) electrons. The van der Waals surface area contributed by atoms with Crippen molar-refractivity contribution < 1.29 is 4.79 Å². The first kappa shape index (κ1) is 19.2. The normalized spacial score (nSPS) is 25.8. The van der Waals surface area contributed by atoms with Crippen molar-refractivity contribution in [2.45, 2.75) is 50.7 Å². The number of nitrogens with zero attached hydrogens (tertiary/aromatic N) is 2. The number of fused-ring (bicyclic) bond motifs is 2. The number of rotatable bonds is 4. The molecule has 22 heavy (non-hydrogen) atoms. The van der Waals surface area contributed by atoms with Crippen molar-refractivity contribution in [2.75, 3.05) is 7.05 Å². The Bertz CT molecular complexity index is 460. The lowest BCUT2D eigenvalue weighted by atomic mass is 9.89. The number of piperidine rings is 1. The summed E-state index contributed by atoms with van der Waals surface area (Å²) in [6.07, 6.45) is 9.19. The second-order valence-corrected chi connectivity index (χ2v) is 6.28. The Morgan fingerprint density at radius 3 is 2.41 bits per heavy atom. The van der Waals surface area contributed by atoms with Gasteiger partial charge >= 0.3 is 0 Å². The van der Waals surface area contributed by atoms with E-state index in [1.165, 1.54) is 25.7 Å². The van der Waals surface area contributed by atoms with Gasteiger partial charge in [0.05, 0.1) is 0 Å². The highest BCUT2D eigenvalue weighted by atomic mass is 35.5. The van der Waals surface area contributed by atoms with Crippen LogP contribution in [-0.2, 0) is 11.3 Å². The number of nitrogens with one attached hydrogen (secondary N) is 1. The van der Waals surface area contributed by atoms with E-state index in [9.17, 15) is 4.79 Å². The van der Waals surface area contributed by atoms with Crippen LogP contribution in [0.15, 0.2) is 24.5 Å². The lowest BCUT2D eigenvalue weighted by Gasteiger charge is -2.30. The molecule has 2 aliphatic heterocycles. The molecule has 1 aromatic rings. The van der Waals surface area contributed by atoms with Crippen LogP contribution >= 0.6 is 24.8 Å². The van der Waals surface area contributed by atoms with Crippen molar-refractivity contribution in [1.29, 1.82) is 0 Å². The van der Waals surface area contributed by atoms with E-state index in [2.05, 4.69) is 10.3 Å². The zero-order valence-electron chi connectivity index (χ0n) is 12.9. The molecule has 1 N–H and O–H groups in total. The third-order valence-corrected chi connectivity index (χ3v) is 4.63. The third kappa shape index (κ3) is 4.83. The largest absolute Gasteiger partial charge is 0.341 e. The second kappa shape index (κ2) is 8.70. The van der Waals surface area contributed by atoms with Crippen LogP contribution in [0.4, 0.5) is 0 Å². The van der Waals surface area contributed by atoms with Crippen LogP contribution in [0.1, 0.15) is 37.7 Å². The van der Waals surface area contributed by atoms with Gasteiger partial charge in [-0.3, -0.25) is 9.78 Å². The van der Waals surface area contributed by atoms with Crippen molar-refractivity contribution in [3.05, 3.63) is 30.1 Å². The van der Waals surface area contributed by atoms with E-state index in [1.807, 2.05) is 24.1 Å². The maximum absolute atomic E-state index is 12.3. The van der Waals surface area contributed by atoms with E-state index in [1.54, 1.807) is 12.4 Å². The summed E-state index contributed by atoms with van der Waals surface area (Å²) in [5, 5.41) is 3.63. The lowest BCUT2D eigenvalue weighted by Crippen LogP contribution is -2.39. The van der Waals surface area contributed by atoms with Gasteiger partial charge in [0.25, 0.3) is 0 Å². The van der Waals surface area contributed by atoms with Gasteiger partial charge in [-0.25, -0.2) is 0 Å². The van der Waals surface area contributed by atoms with E-state index in [0.29, 0.717) is 31.0 Å². The number of pyridine rings is 1. The summed E-state index contributed by atoms with van der Waals surface area (Å²) in [7, 11) is 1.90. The quantitative estimate of drug-likeness (QED) is 0.912. The van der Waals surface area contributed by atoms with Gasteiger partial charge in [-0.1, -0.05) is 0 Å². The van der Waals surface area contributed by atoms with Gasteiger partial charge in [0.2, 0.25) is 5.91 Å². The molecule has 0 aromatic carbocycles. The Balaban J connectivity index is 0.00000121. The molecule has 2 fully saturated rings. The molecule has 1 amide bonds. The van der Waals surface area contributed by atoms with Crippen LogP contribution < -0.4 is 5.32 Å². The van der Waals surface area contributed by atoms with E-state index < -0.39 is 0 Å². The van der Waals surface area contributed by atoms with E-state index in [4.69, 9.17) is 0 Å². The molecule has 2 atom stereocenters. The molecule has 4 nitrogen and oxygen atoms in total. The van der Waals surface area contributed by atoms with Gasteiger partial charge in [-0.15, -0.1) is 24.8 Å². The number of aromatic nitrogens is 1. The van der Waals surface area contributed by atoms with Gasteiger partial charge in [-0.05, 0) is 49.3 Å². The molecule has 3 heterocycles. The zero-order chi connectivity index (χ0) is 13.9. The summed E-state index contributed by atoms with van der Waals surface area (Å²) in [6, 6.07) is 5.26. The Morgan fingerprint density at radius 2 is 1.82 bits per heavy atom. The number of hydrogen-bond acceptors (Lipinski definition) is 3. The van der Waals surface area contributed by atoms with Crippen LogP contribution in [0.2, 0.25) is 0 Å². The fourth-order valence-electron chi connectivity index (χ4n) is 3.59. The molecule has 2 aliphatic rings. The van der Waals surface area contributed by atoms with Gasteiger partial charge < -0.3 is 10.2 Å². The maximum Gasteiger partial charge on any atom is 0.222 e. The summed E-state index contributed by atoms with van der Waals surface area (Å²) in [6.45, 7) is 0.680. The Hall–Kier alpha value is -0.840. The molecule has 3 rings (SSSR count). The SMILES string of the molecule is CN(Cc1ccncc1)C(=O)CC1CC2CCC(C1)N2.Cl.Cl. The minimum atomic E-state index is 0. The summed E-state index contributed by atoms with van der Waals surface area (Å²) >= 11 is 0. The average molecular weight is 346 g/mol. The van der Waals surface area contributed by atoms with Crippen LogP contribution in [0.25, 0.3) is 0 Å². The topological polar surface area (TPSA) is 45.2 Å². The summed E-state index contributed by atoms with van der Waals surface area (Å²) in [5.41, 5.74) is 1.14. The summed E-state index contributed by atoms with van der Waals surface area (Å²) in [4.78, 5) is 18.2. The van der Waals surface area contributed by atoms with Crippen molar-refractivity contribution in [1.82, 2.24) is 15.2 Å². The molecule has 0 spiro atoms. The van der Waals surface area contributed by atoms with Gasteiger partial charge in [0.1, 0.15) is 0 Å². The lowest BCUT2D eigenvalue weighted by molar-refractivity contribution is -0.131. The van der Waals surface area contributed by atoms with Gasteiger partial charge in [0.15, 0.2) is 0 Å². The highest BCUT2D eigenvalue weighted by Crippen LogP contribution is 2.32. The first-order valence-electron chi connectivity index (χ1n) is 7.59. The van der Waals surface area contributed by atoms with Crippen LogP contribution in [0.5, 0.6) is 0 Å². The molecule has 0 aliphatic carbocycles. The molecule has 2 bridgehead atoms. The zero-order valence-corrected chi connectivity index (χ0v) is 14.5. The van der Waals surface area contributed by atoms with Crippen LogP contribution in [0.3, 0.4) is 0 Å². The highest BCUT2D eigenvalue weighted by molar-refractivity contribution is 5.85. The van der Waals surface area contributed by atoms with E-state index >= 15 is 0 Å². The summed E-state index contributed by atoms with van der Waals surface area (Å²) < 4.78 is 0. The minimum Gasteiger partial charge on any atom is -0.341 e. The Morgan fingerprint density at radius 1 is 1.23 bits per heavy atom. The second-order valence-electron chi connectivity index (χ2n) is 6.28. The number of carbonyl (C=O) groups excluding carboxylic acids is 1. The van der Waals surface area contributed by atoms with Gasteiger partial charge in [0, 0.05) is 44.5 Å². The fraction of sp³-hybridized carbons (Fsp3) is 0.625. The average Bonchev–Trinajstić information content (AvgIpc) is 2.79. The molecule has 6 heteroatoms. The van der Waals surface area contributed by atoms with Crippen LogP contribution in [0, 0.1) is 5.92 Å². The number of halogens is 2. The molecule has 124 valence electrons. The maximum atomic E-state index is 12.3. The molecular formula is C16H25Cl2N3O. The first-order chi connectivity index (χ1) is 9.70. The number of carbonyl (C=O) groups is 1. The minimum absolute atomic E-state index is 0. The molecule has 2 saturated heterocycles. The molecule has 2 unspecified atom stereocenters. The summed E-state index contributed by atoms with van der Waals surface area (Å²) in [5.74, 6) is 0.842. The van der Waals surface area contributed by atoms with Crippen LogP contribution in [-0.4, -0.2) is 34.9 Å². The van der Waals surface area contributed by atoms with E-state index in [0.717, 1.165) is 5.56 Å². The van der Waals surface area contributed by atoms with Crippen molar-refractivity contribution in [3.8, 4) is 0 Å². The van der Waals surface area contributed by atoms with Gasteiger partial charge in [-0.2, -0.15) is 0 Å². The van der Waals surface area contributed by atoms with Crippen molar-refractivity contribution in [3.63, 3.8) is 0 Å². The predicted octanol–water partition coefficient (Wildman–Crippen LogP) is 2.80. The number of amides is 1. The highest BCUT2D eigenvalue weighted by Gasteiger charge is 2.34. The Kier molecular flexibility index (Phi) is 7.60. The fourth-order valence-corrected chi connectivity index (χ4v) is 3.59. The third-order valence-electron chi connectivity index (χ3n) is 4.63. The van der Waals surface area contributed by atoms with Crippen molar-refractivity contribution in [2.24, 2.45) is 5.92 Å². The van der Waals surface area contributed by atoms with E-state index in [-0.39, 0.29) is 30.7 Å². The molecule has 0 saturated carbocycles. The number of hydrogen-bond donors (Lipinski definition) is 1. The van der Waals surface area contributed by atoms with Crippen molar-refractivity contribution >= 4 is 30.7 Å². The molecule has 1 aromatic heterocycles. The Labute approximate surface area is 144 Å². The predicted molar refractivity (Wildman–Crippen MR) is 92.5 cm³/mol. The molecular weight excluding hydrogens is 321 g/mol. The standard InChI is InChI=1S/C16H23N3O.2ClH/c1-19(11-12-4-6-17-7-5-12)16(20)10-13-8-14-2-3-15(9-13)18-14;;/h4-7,13-15,18H,2-3,8-11H2,1H3;2*1H.